The summed E-state index contributed by atoms with van der Waals surface area (Å²) >= 11 is 0. The molecule has 0 aliphatic rings. The number of aliphatic hydroxyl groups excluding tert-OH is 1. The number of hydrogen-bond donors (Lipinski definition) is 3. The molecule has 0 aliphatic carbocycles. The van der Waals surface area contributed by atoms with Crippen molar-refractivity contribution in [2.45, 2.75) is 30.5 Å². The van der Waals surface area contributed by atoms with Gasteiger partial charge in [-0.25, -0.2) is 13.1 Å². The van der Waals surface area contributed by atoms with Crippen molar-refractivity contribution >= 4 is 15.7 Å². The van der Waals surface area contributed by atoms with Gasteiger partial charge in [0.25, 0.3) is 5.91 Å². The topological polar surface area (TPSA) is 134 Å². The Hall–Kier alpha value is -3.45. The molecule has 2 aromatic heterocycles. The fourth-order valence-electron chi connectivity index (χ4n) is 3.23. The number of aromatic nitrogens is 3. The number of rotatable bonds is 8. The van der Waals surface area contributed by atoms with Crippen molar-refractivity contribution in [1.82, 2.24) is 20.1 Å². The molecular weight excluding hydrogens is 489 g/mol. The van der Waals surface area contributed by atoms with E-state index in [2.05, 4.69) is 15.4 Å². The third-order valence-electron chi connectivity index (χ3n) is 5.57. The van der Waals surface area contributed by atoms with E-state index in [1.165, 1.54) is 43.6 Å². The Morgan fingerprint density at radius 2 is 1.86 bits per heavy atom. The van der Waals surface area contributed by atoms with Gasteiger partial charge in [-0.2, -0.15) is 18.3 Å². The number of phenols is 1. The fraction of sp³-hybridized carbons (Fsp3) is 0.318. The Morgan fingerprint density at radius 1 is 1.17 bits per heavy atom. The van der Waals surface area contributed by atoms with Crippen molar-refractivity contribution < 1.29 is 36.6 Å². The van der Waals surface area contributed by atoms with E-state index < -0.39 is 38.5 Å². The molecule has 3 aromatic rings. The summed E-state index contributed by atoms with van der Waals surface area (Å²) in [6.07, 6.45) is -2.10. The van der Waals surface area contributed by atoms with E-state index in [4.69, 9.17) is 0 Å². The van der Waals surface area contributed by atoms with Crippen LogP contribution in [0.4, 0.5) is 13.2 Å². The molecular formula is C22H23F3N4O5S. The number of hydrogen-bond acceptors (Lipinski definition) is 7. The SMILES string of the molecule is CC(CNC(=O)c1ccccc1O)(CC(O)n1cc(-c2ccc(C(F)(F)F)cn2)cn1)S(C)(=O)=O. The lowest BCUT2D eigenvalue weighted by atomic mass is 10.1. The average molecular weight is 513 g/mol. The van der Waals surface area contributed by atoms with Crippen LogP contribution in [-0.4, -0.2) is 56.9 Å². The smallest absolute Gasteiger partial charge is 0.417 e. The zero-order chi connectivity index (χ0) is 26.0. The number of sulfone groups is 1. The Balaban J connectivity index is 1.75. The number of benzene rings is 1. The lowest BCUT2D eigenvalue weighted by Gasteiger charge is -2.30. The quantitative estimate of drug-likeness (QED) is 0.423. The normalized spacial score (nSPS) is 14.8. The summed E-state index contributed by atoms with van der Waals surface area (Å²) in [6.45, 7) is 0.975. The lowest BCUT2D eigenvalue weighted by Crippen LogP contribution is -2.47. The number of halogens is 3. The average Bonchev–Trinajstić information content (AvgIpc) is 3.27. The first-order valence-electron chi connectivity index (χ1n) is 10.2. The molecule has 0 bridgehead atoms. The van der Waals surface area contributed by atoms with Gasteiger partial charge in [-0.15, -0.1) is 0 Å². The molecule has 13 heteroatoms. The first-order chi connectivity index (χ1) is 16.2. The number of nitrogens with zero attached hydrogens (tertiary/aromatic N) is 3. The van der Waals surface area contributed by atoms with E-state index in [1.54, 1.807) is 0 Å². The Kier molecular flexibility index (Phi) is 7.22. The molecule has 0 spiro atoms. The predicted octanol–water partition coefficient (Wildman–Crippen LogP) is 2.78. The van der Waals surface area contributed by atoms with E-state index in [0.29, 0.717) is 11.8 Å². The van der Waals surface area contributed by atoms with E-state index in [1.807, 2.05) is 0 Å². The number of para-hydroxylation sites is 1. The van der Waals surface area contributed by atoms with Crippen molar-refractivity contribution in [3.63, 3.8) is 0 Å². The van der Waals surface area contributed by atoms with E-state index >= 15 is 0 Å². The van der Waals surface area contributed by atoms with Crippen molar-refractivity contribution in [3.8, 4) is 17.0 Å². The Morgan fingerprint density at radius 3 is 2.43 bits per heavy atom. The Bertz CT molecular complexity index is 1310. The van der Waals surface area contributed by atoms with Gasteiger partial charge in [0.15, 0.2) is 9.84 Å². The van der Waals surface area contributed by atoms with Gasteiger partial charge < -0.3 is 15.5 Å². The van der Waals surface area contributed by atoms with Crippen LogP contribution in [0.25, 0.3) is 11.3 Å². The summed E-state index contributed by atoms with van der Waals surface area (Å²) < 4.78 is 62.7. The van der Waals surface area contributed by atoms with Gasteiger partial charge in [-0.05, 0) is 31.2 Å². The summed E-state index contributed by atoms with van der Waals surface area (Å²) in [5, 5.41) is 26.9. The summed E-state index contributed by atoms with van der Waals surface area (Å²) in [6, 6.07) is 7.78. The van der Waals surface area contributed by atoms with Gasteiger partial charge in [0.1, 0.15) is 12.0 Å². The maximum Gasteiger partial charge on any atom is 0.417 e. The van der Waals surface area contributed by atoms with Crippen molar-refractivity contribution in [1.29, 1.82) is 0 Å². The van der Waals surface area contributed by atoms with Gasteiger partial charge in [0.05, 0.1) is 27.8 Å². The van der Waals surface area contributed by atoms with Crippen molar-refractivity contribution in [2.75, 3.05) is 12.8 Å². The zero-order valence-electron chi connectivity index (χ0n) is 18.7. The van der Waals surface area contributed by atoms with Crippen LogP contribution in [0.2, 0.25) is 0 Å². The number of phenolic OH excluding ortho intramolecular Hbond substituents is 1. The minimum Gasteiger partial charge on any atom is -0.507 e. The number of alkyl halides is 3. The molecule has 1 amide bonds. The monoisotopic (exact) mass is 512 g/mol. The number of nitrogens with one attached hydrogen (secondary N) is 1. The number of amides is 1. The van der Waals surface area contributed by atoms with Crippen LogP contribution in [0.3, 0.4) is 0 Å². The summed E-state index contributed by atoms with van der Waals surface area (Å²) in [4.78, 5) is 16.2. The van der Waals surface area contributed by atoms with Gasteiger partial charge in [0.2, 0.25) is 0 Å². The van der Waals surface area contributed by atoms with Crippen LogP contribution in [-0.2, 0) is 16.0 Å². The highest BCUT2D eigenvalue weighted by Gasteiger charge is 2.39. The second-order valence-corrected chi connectivity index (χ2v) is 10.8. The second kappa shape index (κ2) is 9.66. The van der Waals surface area contributed by atoms with E-state index in [0.717, 1.165) is 23.1 Å². The van der Waals surface area contributed by atoms with Crippen LogP contribution >= 0.6 is 0 Å². The highest BCUT2D eigenvalue weighted by molar-refractivity contribution is 7.92. The number of aromatic hydroxyl groups is 1. The minimum atomic E-state index is -4.53. The number of carbonyl (C=O) groups is 1. The van der Waals surface area contributed by atoms with E-state index in [-0.39, 0.29) is 30.0 Å². The maximum atomic E-state index is 12.7. The molecule has 0 saturated heterocycles. The molecule has 0 radical (unpaired) electrons. The first kappa shape index (κ1) is 26.2. The van der Waals surface area contributed by atoms with Crippen LogP contribution in [0.15, 0.2) is 55.0 Å². The molecule has 3 N–H and O–H groups in total. The molecule has 9 nitrogen and oxygen atoms in total. The standard InChI is InChI=1S/C22H23F3N4O5S/c1-21(35(2,33)34,13-27-20(32)16-5-3-4-6-18(16)30)9-19(31)29-12-14(10-28-29)17-8-7-15(11-26-17)22(23,24)25/h3-8,10-12,19,30-31H,9,13H2,1-2H3,(H,27,32). The number of aliphatic hydroxyl groups is 1. The largest absolute Gasteiger partial charge is 0.507 e. The fourth-order valence-corrected chi connectivity index (χ4v) is 4.01. The van der Waals surface area contributed by atoms with E-state index in [9.17, 15) is 36.6 Å². The molecule has 0 fully saturated rings. The third-order valence-corrected chi connectivity index (χ3v) is 7.68. The summed E-state index contributed by atoms with van der Waals surface area (Å²) in [5.41, 5.74) is -0.461. The molecule has 0 saturated carbocycles. The molecule has 2 heterocycles. The minimum absolute atomic E-state index is 0.0374. The number of carbonyl (C=O) groups excluding carboxylic acids is 1. The molecule has 188 valence electrons. The highest BCUT2D eigenvalue weighted by atomic mass is 32.2. The lowest BCUT2D eigenvalue weighted by molar-refractivity contribution is -0.137. The van der Waals surface area contributed by atoms with Gasteiger partial charge in [-0.1, -0.05) is 12.1 Å². The first-order valence-corrected chi connectivity index (χ1v) is 12.1. The van der Waals surface area contributed by atoms with Gasteiger partial charge in [0, 0.05) is 37.2 Å². The Labute approximate surface area is 199 Å². The molecule has 2 atom stereocenters. The van der Waals surface area contributed by atoms with Gasteiger partial charge in [-0.3, -0.25) is 9.78 Å². The van der Waals surface area contributed by atoms with Crippen LogP contribution in [0, 0.1) is 0 Å². The molecule has 0 aliphatic heterocycles. The molecule has 35 heavy (non-hydrogen) atoms. The predicted molar refractivity (Wildman–Crippen MR) is 120 cm³/mol. The maximum absolute atomic E-state index is 12.7. The summed E-state index contributed by atoms with van der Waals surface area (Å²) in [7, 11) is -3.82. The molecule has 1 aromatic carbocycles. The van der Waals surface area contributed by atoms with Crippen LogP contribution in [0.5, 0.6) is 5.75 Å². The van der Waals surface area contributed by atoms with Crippen molar-refractivity contribution in [3.05, 3.63) is 66.1 Å². The second-order valence-electron chi connectivity index (χ2n) is 8.25. The molecule has 3 rings (SSSR count). The highest BCUT2D eigenvalue weighted by Crippen LogP contribution is 2.31. The van der Waals surface area contributed by atoms with Crippen molar-refractivity contribution in [2.24, 2.45) is 0 Å². The molecule has 2 unspecified atom stereocenters. The zero-order valence-corrected chi connectivity index (χ0v) is 19.5. The third kappa shape index (κ3) is 5.98. The van der Waals surface area contributed by atoms with Crippen LogP contribution < -0.4 is 5.32 Å². The van der Waals surface area contributed by atoms with Gasteiger partial charge >= 0.3 is 6.18 Å². The number of pyridine rings is 1. The summed E-state index contributed by atoms with van der Waals surface area (Å²) in [5.74, 6) is -0.964. The van der Waals surface area contributed by atoms with Crippen LogP contribution in [0.1, 0.15) is 35.5 Å².